The lowest BCUT2D eigenvalue weighted by Crippen LogP contribution is -2.59. The lowest BCUT2D eigenvalue weighted by molar-refractivity contribution is -0.166. The van der Waals surface area contributed by atoms with Crippen LogP contribution in [0.3, 0.4) is 0 Å². The lowest BCUT2D eigenvalue weighted by Gasteiger charge is -2.55. The molecule has 4 nitrogen and oxygen atoms in total. The van der Waals surface area contributed by atoms with Crippen molar-refractivity contribution in [1.82, 2.24) is 4.90 Å². The van der Waals surface area contributed by atoms with Crippen molar-refractivity contribution in [2.75, 3.05) is 26.3 Å². The zero-order chi connectivity index (χ0) is 13.0. The topological polar surface area (TPSA) is 46.6 Å². The summed E-state index contributed by atoms with van der Waals surface area (Å²) in [6.45, 7) is 2.79. The second kappa shape index (κ2) is 4.05. The molecular weight excluding hydrogens is 242 g/mol. The molecule has 0 radical (unpaired) electrons. The van der Waals surface area contributed by atoms with E-state index in [9.17, 15) is 9.59 Å². The molecule has 104 valence electrons. The van der Waals surface area contributed by atoms with E-state index in [1.165, 1.54) is 0 Å². The average molecular weight is 263 g/mol. The molecule has 4 heteroatoms. The second-order valence-electron chi connectivity index (χ2n) is 6.93. The summed E-state index contributed by atoms with van der Waals surface area (Å²) in [4.78, 5) is 27.1. The largest absolute Gasteiger partial charge is 0.378 e. The Balaban J connectivity index is 1.60. The molecule has 19 heavy (non-hydrogen) atoms. The molecule has 1 saturated heterocycles. The van der Waals surface area contributed by atoms with Gasteiger partial charge in [0.15, 0.2) is 0 Å². The highest BCUT2D eigenvalue weighted by atomic mass is 16.5. The number of carbonyl (C=O) groups excluding carboxylic acids is 2. The molecular formula is C15H21NO3. The van der Waals surface area contributed by atoms with Crippen molar-refractivity contribution >= 4 is 11.7 Å². The molecule has 4 aliphatic carbocycles. The highest BCUT2D eigenvalue weighted by molar-refractivity contribution is 5.91. The molecule has 0 aromatic heterocycles. The fraction of sp³-hybridized carbons (Fsp3) is 0.867. The second-order valence-corrected chi connectivity index (χ2v) is 6.93. The third-order valence-corrected chi connectivity index (χ3v) is 5.75. The Kier molecular flexibility index (Phi) is 2.53. The third-order valence-electron chi connectivity index (χ3n) is 5.75. The Hall–Kier alpha value is -0.900. The summed E-state index contributed by atoms with van der Waals surface area (Å²) in [7, 11) is 0. The fourth-order valence-corrected chi connectivity index (χ4v) is 5.11. The van der Waals surface area contributed by atoms with E-state index in [0.717, 1.165) is 45.2 Å². The summed E-state index contributed by atoms with van der Waals surface area (Å²) in [5.41, 5.74) is -0.193. The van der Waals surface area contributed by atoms with Crippen LogP contribution < -0.4 is 0 Å². The molecule has 0 aromatic carbocycles. The number of hydrogen-bond donors (Lipinski definition) is 0. The van der Waals surface area contributed by atoms with Gasteiger partial charge in [-0.25, -0.2) is 0 Å². The highest BCUT2D eigenvalue weighted by Crippen LogP contribution is 2.59. The standard InChI is InChI=1S/C15H21NO3/c17-13-11-5-10-6-12(13)9-15(7-10,8-11)14(18)16-1-3-19-4-2-16/h10-12H,1-9H2/t10?,11-,12-,15?/m0/s1. The fourth-order valence-electron chi connectivity index (χ4n) is 5.11. The molecule has 4 saturated carbocycles. The van der Waals surface area contributed by atoms with Gasteiger partial charge in [-0.1, -0.05) is 0 Å². The summed E-state index contributed by atoms with van der Waals surface area (Å²) in [6, 6.07) is 0. The predicted octanol–water partition coefficient (Wildman–Crippen LogP) is 1.24. The quantitative estimate of drug-likeness (QED) is 0.715. The summed E-state index contributed by atoms with van der Waals surface area (Å²) in [5, 5.41) is 0. The number of amides is 1. The van der Waals surface area contributed by atoms with Crippen molar-refractivity contribution in [3.05, 3.63) is 0 Å². The van der Waals surface area contributed by atoms with Crippen molar-refractivity contribution in [2.24, 2.45) is 23.2 Å². The third kappa shape index (κ3) is 1.69. The van der Waals surface area contributed by atoms with Crippen LogP contribution in [0.15, 0.2) is 0 Å². The number of nitrogens with zero attached hydrogens (tertiary/aromatic N) is 1. The maximum absolute atomic E-state index is 12.9. The van der Waals surface area contributed by atoms with Gasteiger partial charge in [0.2, 0.25) is 5.91 Å². The Bertz CT molecular complexity index is 409. The molecule has 4 bridgehead atoms. The smallest absolute Gasteiger partial charge is 0.229 e. The molecule has 0 unspecified atom stereocenters. The van der Waals surface area contributed by atoms with Gasteiger partial charge in [-0.15, -0.1) is 0 Å². The Morgan fingerprint density at radius 3 is 2.37 bits per heavy atom. The van der Waals surface area contributed by atoms with Gasteiger partial charge >= 0.3 is 0 Å². The van der Waals surface area contributed by atoms with Crippen LogP contribution in [0.4, 0.5) is 0 Å². The summed E-state index contributed by atoms with van der Waals surface area (Å²) >= 11 is 0. The van der Waals surface area contributed by atoms with Crippen LogP contribution >= 0.6 is 0 Å². The molecule has 0 spiro atoms. The van der Waals surface area contributed by atoms with E-state index in [1.807, 2.05) is 4.90 Å². The van der Waals surface area contributed by atoms with Gasteiger partial charge in [0.25, 0.3) is 0 Å². The first-order valence-electron chi connectivity index (χ1n) is 7.59. The average Bonchev–Trinajstić information content (AvgIpc) is 2.44. The minimum absolute atomic E-state index is 0.191. The van der Waals surface area contributed by atoms with Crippen molar-refractivity contribution in [3.63, 3.8) is 0 Å². The molecule has 2 atom stereocenters. The highest BCUT2D eigenvalue weighted by Gasteiger charge is 2.58. The molecule has 1 aliphatic heterocycles. The summed E-state index contributed by atoms with van der Waals surface area (Å²) < 4.78 is 5.34. The predicted molar refractivity (Wildman–Crippen MR) is 68.4 cm³/mol. The SMILES string of the molecule is O=C1[C@H]2CC3C[C@H]1CC(C(=O)N1CCOCC1)(C3)C2. The minimum Gasteiger partial charge on any atom is -0.378 e. The van der Waals surface area contributed by atoms with Crippen molar-refractivity contribution < 1.29 is 14.3 Å². The monoisotopic (exact) mass is 263 g/mol. The normalized spacial score (nSPS) is 44.7. The van der Waals surface area contributed by atoms with Gasteiger partial charge < -0.3 is 9.64 Å². The van der Waals surface area contributed by atoms with Gasteiger partial charge in [0, 0.05) is 24.9 Å². The van der Waals surface area contributed by atoms with Crippen LogP contribution in [0.5, 0.6) is 0 Å². The van der Waals surface area contributed by atoms with Gasteiger partial charge in [-0.05, 0) is 38.0 Å². The Morgan fingerprint density at radius 1 is 1.11 bits per heavy atom. The molecule has 1 amide bonds. The van der Waals surface area contributed by atoms with E-state index in [-0.39, 0.29) is 17.3 Å². The molecule has 5 aliphatic rings. The number of rotatable bonds is 1. The number of ketones is 1. The van der Waals surface area contributed by atoms with E-state index in [4.69, 9.17) is 4.74 Å². The molecule has 0 N–H and O–H groups in total. The number of carbonyl (C=O) groups is 2. The first-order chi connectivity index (χ1) is 9.18. The van der Waals surface area contributed by atoms with Crippen LogP contribution in [0.25, 0.3) is 0 Å². The maximum Gasteiger partial charge on any atom is 0.229 e. The van der Waals surface area contributed by atoms with Crippen LogP contribution in [-0.4, -0.2) is 42.9 Å². The van der Waals surface area contributed by atoms with E-state index in [1.54, 1.807) is 0 Å². The first kappa shape index (κ1) is 11.9. The number of ether oxygens (including phenoxy) is 1. The number of Topliss-reactive ketones (excluding diaryl/α,β-unsaturated/α-hetero) is 1. The first-order valence-corrected chi connectivity index (χ1v) is 7.59. The van der Waals surface area contributed by atoms with Crippen LogP contribution in [0.2, 0.25) is 0 Å². The lowest BCUT2D eigenvalue weighted by atomic mass is 9.48. The Morgan fingerprint density at radius 2 is 1.74 bits per heavy atom. The Labute approximate surface area is 113 Å². The van der Waals surface area contributed by atoms with Gasteiger partial charge in [0.1, 0.15) is 5.78 Å². The molecule has 0 aromatic rings. The number of morpholine rings is 1. The van der Waals surface area contributed by atoms with Gasteiger partial charge in [-0.3, -0.25) is 9.59 Å². The van der Waals surface area contributed by atoms with Crippen molar-refractivity contribution in [1.29, 1.82) is 0 Å². The van der Waals surface area contributed by atoms with Gasteiger partial charge in [-0.2, -0.15) is 0 Å². The molecule has 5 fully saturated rings. The van der Waals surface area contributed by atoms with Gasteiger partial charge in [0.05, 0.1) is 18.6 Å². The van der Waals surface area contributed by atoms with Crippen molar-refractivity contribution in [2.45, 2.75) is 32.1 Å². The van der Waals surface area contributed by atoms with Crippen molar-refractivity contribution in [3.8, 4) is 0 Å². The summed E-state index contributed by atoms with van der Waals surface area (Å²) in [6.07, 6.45) is 4.79. The zero-order valence-corrected chi connectivity index (χ0v) is 11.3. The molecule has 5 rings (SSSR count). The summed E-state index contributed by atoms with van der Waals surface area (Å²) in [5.74, 6) is 1.79. The minimum atomic E-state index is -0.193. The van der Waals surface area contributed by atoms with E-state index in [2.05, 4.69) is 0 Å². The molecule has 1 heterocycles. The van der Waals surface area contributed by atoms with Crippen LogP contribution in [0, 0.1) is 23.2 Å². The van der Waals surface area contributed by atoms with E-state index < -0.39 is 0 Å². The number of hydrogen-bond acceptors (Lipinski definition) is 3. The maximum atomic E-state index is 12.9. The zero-order valence-electron chi connectivity index (χ0n) is 11.3. The van der Waals surface area contributed by atoms with E-state index >= 15 is 0 Å². The van der Waals surface area contributed by atoms with Crippen LogP contribution in [-0.2, 0) is 14.3 Å². The van der Waals surface area contributed by atoms with E-state index in [0.29, 0.717) is 30.8 Å². The van der Waals surface area contributed by atoms with Crippen LogP contribution in [0.1, 0.15) is 32.1 Å².